The second-order valence-corrected chi connectivity index (χ2v) is 6.40. The fourth-order valence-electron chi connectivity index (χ4n) is 2.91. The van der Waals surface area contributed by atoms with Crippen LogP contribution in [0.15, 0.2) is 36.4 Å². The van der Waals surface area contributed by atoms with Crippen molar-refractivity contribution in [1.29, 1.82) is 0 Å². The summed E-state index contributed by atoms with van der Waals surface area (Å²) in [7, 11) is 0. The average molecular weight is 344 g/mol. The summed E-state index contributed by atoms with van der Waals surface area (Å²) >= 11 is 0. The van der Waals surface area contributed by atoms with Crippen molar-refractivity contribution in [2.75, 3.05) is 18.4 Å². The van der Waals surface area contributed by atoms with Crippen LogP contribution in [0.1, 0.15) is 21.5 Å². The Labute approximate surface area is 144 Å². The molecule has 0 spiro atoms. The maximum atomic E-state index is 13.2. The van der Waals surface area contributed by atoms with Gasteiger partial charge in [-0.1, -0.05) is 6.07 Å². The molecule has 130 valence electrons. The van der Waals surface area contributed by atoms with Gasteiger partial charge in [0.05, 0.1) is 5.92 Å². The van der Waals surface area contributed by atoms with E-state index >= 15 is 0 Å². The van der Waals surface area contributed by atoms with Crippen molar-refractivity contribution in [3.8, 4) is 0 Å². The summed E-state index contributed by atoms with van der Waals surface area (Å²) in [5, 5.41) is 2.85. The van der Waals surface area contributed by atoms with Gasteiger partial charge < -0.3 is 10.2 Å². The standard InChI is InChI=1S/C19H18F2N2O2/c1-11-5-12(2)7-15(6-11)22-18(24)14-9-23(10-14)19(25)13-3-4-16(20)17(21)8-13/h3-8,14H,9-10H2,1-2H3,(H,22,24). The molecule has 0 saturated carbocycles. The third kappa shape index (κ3) is 3.68. The number of halogens is 2. The van der Waals surface area contributed by atoms with Gasteiger partial charge in [0.2, 0.25) is 5.91 Å². The molecule has 0 unspecified atom stereocenters. The molecule has 1 fully saturated rings. The second kappa shape index (κ2) is 6.63. The molecule has 25 heavy (non-hydrogen) atoms. The van der Waals surface area contributed by atoms with Gasteiger partial charge in [-0.05, 0) is 55.3 Å². The first-order chi connectivity index (χ1) is 11.8. The van der Waals surface area contributed by atoms with Crippen molar-refractivity contribution in [3.63, 3.8) is 0 Å². The molecular formula is C19H18F2N2O2. The van der Waals surface area contributed by atoms with E-state index in [0.29, 0.717) is 0 Å². The zero-order valence-electron chi connectivity index (χ0n) is 14.0. The lowest BCUT2D eigenvalue weighted by molar-refractivity contribution is -0.123. The van der Waals surface area contributed by atoms with Crippen LogP contribution in [0.2, 0.25) is 0 Å². The molecule has 0 radical (unpaired) electrons. The van der Waals surface area contributed by atoms with Gasteiger partial charge in [0.1, 0.15) is 0 Å². The first kappa shape index (κ1) is 17.1. The van der Waals surface area contributed by atoms with E-state index in [1.807, 2.05) is 32.0 Å². The molecule has 0 bridgehead atoms. The summed E-state index contributed by atoms with van der Waals surface area (Å²) in [5.41, 5.74) is 2.91. The van der Waals surface area contributed by atoms with Gasteiger partial charge in [0.25, 0.3) is 5.91 Å². The Morgan fingerprint density at radius 1 is 1.00 bits per heavy atom. The molecule has 2 aromatic carbocycles. The highest BCUT2D eigenvalue weighted by Crippen LogP contribution is 2.22. The molecule has 1 saturated heterocycles. The fraction of sp³-hybridized carbons (Fsp3) is 0.263. The van der Waals surface area contributed by atoms with Crippen LogP contribution in [0.4, 0.5) is 14.5 Å². The molecule has 4 nitrogen and oxygen atoms in total. The predicted octanol–water partition coefficient (Wildman–Crippen LogP) is 3.29. The minimum absolute atomic E-state index is 0.0760. The summed E-state index contributed by atoms with van der Waals surface area (Å²) < 4.78 is 26.2. The maximum Gasteiger partial charge on any atom is 0.254 e. The summed E-state index contributed by atoms with van der Waals surface area (Å²) in [4.78, 5) is 25.9. The van der Waals surface area contributed by atoms with Crippen molar-refractivity contribution in [2.45, 2.75) is 13.8 Å². The fourth-order valence-corrected chi connectivity index (χ4v) is 2.91. The smallest absolute Gasteiger partial charge is 0.254 e. The van der Waals surface area contributed by atoms with Crippen LogP contribution in [0.3, 0.4) is 0 Å². The van der Waals surface area contributed by atoms with Crippen molar-refractivity contribution in [3.05, 3.63) is 64.7 Å². The van der Waals surface area contributed by atoms with Gasteiger partial charge in [-0.25, -0.2) is 8.78 Å². The van der Waals surface area contributed by atoms with Crippen LogP contribution in [0.5, 0.6) is 0 Å². The van der Waals surface area contributed by atoms with E-state index in [2.05, 4.69) is 5.32 Å². The number of likely N-dealkylation sites (tertiary alicyclic amines) is 1. The van der Waals surface area contributed by atoms with Gasteiger partial charge in [-0.15, -0.1) is 0 Å². The summed E-state index contributed by atoms with van der Waals surface area (Å²) in [6.07, 6.45) is 0. The molecule has 2 amide bonds. The summed E-state index contributed by atoms with van der Waals surface area (Å²) in [6, 6.07) is 8.82. The largest absolute Gasteiger partial charge is 0.337 e. The van der Waals surface area contributed by atoms with Crippen LogP contribution < -0.4 is 5.32 Å². The second-order valence-electron chi connectivity index (χ2n) is 6.40. The molecule has 1 N–H and O–H groups in total. The number of hydrogen-bond acceptors (Lipinski definition) is 2. The highest BCUT2D eigenvalue weighted by Gasteiger charge is 2.36. The molecule has 1 aliphatic rings. The number of aryl methyl sites for hydroxylation is 2. The van der Waals surface area contributed by atoms with E-state index in [1.54, 1.807) is 0 Å². The van der Waals surface area contributed by atoms with Crippen LogP contribution in [0.25, 0.3) is 0 Å². The number of nitrogens with one attached hydrogen (secondary N) is 1. The van der Waals surface area contributed by atoms with Crippen LogP contribution in [-0.2, 0) is 4.79 Å². The average Bonchev–Trinajstić information content (AvgIpc) is 2.47. The van der Waals surface area contributed by atoms with Crippen LogP contribution in [-0.4, -0.2) is 29.8 Å². The van der Waals surface area contributed by atoms with E-state index in [0.717, 1.165) is 28.9 Å². The zero-order valence-corrected chi connectivity index (χ0v) is 14.0. The van der Waals surface area contributed by atoms with E-state index in [-0.39, 0.29) is 30.5 Å². The summed E-state index contributed by atoms with van der Waals surface area (Å²) in [5.74, 6) is -2.93. The lowest BCUT2D eigenvalue weighted by Gasteiger charge is -2.38. The molecule has 6 heteroatoms. The van der Waals surface area contributed by atoms with Gasteiger partial charge in [0, 0.05) is 24.3 Å². The molecule has 0 aromatic heterocycles. The van der Waals surface area contributed by atoms with Crippen molar-refractivity contribution in [1.82, 2.24) is 4.90 Å². The third-order valence-electron chi connectivity index (χ3n) is 4.20. The van der Waals surface area contributed by atoms with Gasteiger partial charge >= 0.3 is 0 Å². The van der Waals surface area contributed by atoms with E-state index in [1.165, 1.54) is 11.0 Å². The number of nitrogens with zero attached hydrogens (tertiary/aromatic N) is 1. The molecule has 0 aliphatic carbocycles. The first-order valence-electron chi connectivity index (χ1n) is 7.97. The molecule has 2 aromatic rings. The van der Waals surface area contributed by atoms with Crippen LogP contribution in [0, 0.1) is 31.4 Å². The van der Waals surface area contributed by atoms with Gasteiger partial charge in [0.15, 0.2) is 11.6 Å². The molecule has 1 aliphatic heterocycles. The predicted molar refractivity (Wildman–Crippen MR) is 90.3 cm³/mol. The Morgan fingerprint density at radius 2 is 1.64 bits per heavy atom. The molecule has 3 rings (SSSR count). The summed E-state index contributed by atoms with van der Waals surface area (Å²) in [6.45, 7) is 4.42. The third-order valence-corrected chi connectivity index (χ3v) is 4.20. The number of anilines is 1. The normalized spacial score (nSPS) is 14.2. The number of carbonyl (C=O) groups is 2. The quantitative estimate of drug-likeness (QED) is 0.929. The van der Waals surface area contributed by atoms with E-state index in [9.17, 15) is 18.4 Å². The van der Waals surface area contributed by atoms with Gasteiger partial charge in [-0.2, -0.15) is 0 Å². The monoisotopic (exact) mass is 344 g/mol. The Bertz CT molecular complexity index is 825. The Balaban J connectivity index is 1.58. The maximum absolute atomic E-state index is 13.2. The first-order valence-corrected chi connectivity index (χ1v) is 7.97. The topological polar surface area (TPSA) is 49.4 Å². The minimum Gasteiger partial charge on any atom is -0.337 e. The highest BCUT2D eigenvalue weighted by atomic mass is 19.2. The zero-order chi connectivity index (χ0) is 18.1. The minimum atomic E-state index is -1.06. The van der Waals surface area contributed by atoms with E-state index in [4.69, 9.17) is 0 Å². The Hall–Kier alpha value is -2.76. The van der Waals surface area contributed by atoms with E-state index < -0.39 is 17.5 Å². The van der Waals surface area contributed by atoms with Crippen molar-refractivity contribution in [2.24, 2.45) is 5.92 Å². The molecule has 1 heterocycles. The van der Waals surface area contributed by atoms with Gasteiger partial charge in [-0.3, -0.25) is 9.59 Å². The highest BCUT2D eigenvalue weighted by molar-refractivity contribution is 5.98. The molecule has 0 atom stereocenters. The Kier molecular flexibility index (Phi) is 4.53. The van der Waals surface area contributed by atoms with Crippen molar-refractivity contribution < 1.29 is 18.4 Å². The Morgan fingerprint density at radius 3 is 2.24 bits per heavy atom. The number of rotatable bonds is 3. The number of hydrogen-bond donors (Lipinski definition) is 1. The number of benzene rings is 2. The lowest BCUT2D eigenvalue weighted by Crippen LogP contribution is -2.54. The lowest BCUT2D eigenvalue weighted by atomic mass is 9.97. The number of amides is 2. The number of carbonyl (C=O) groups excluding carboxylic acids is 2. The van der Waals surface area contributed by atoms with Crippen molar-refractivity contribution >= 4 is 17.5 Å². The molecular weight excluding hydrogens is 326 g/mol. The SMILES string of the molecule is Cc1cc(C)cc(NC(=O)C2CN(C(=O)c3ccc(F)c(F)c3)C2)c1. The van der Waals surface area contributed by atoms with Crippen LogP contribution >= 0.6 is 0 Å².